The zero-order valence-corrected chi connectivity index (χ0v) is 13.3. The third kappa shape index (κ3) is 3.17. The summed E-state index contributed by atoms with van der Waals surface area (Å²) < 4.78 is 5.60. The third-order valence-corrected chi connectivity index (χ3v) is 4.63. The molecule has 1 aromatic carbocycles. The number of piperidine rings is 1. The van der Waals surface area contributed by atoms with Gasteiger partial charge in [0.1, 0.15) is 5.58 Å². The van der Waals surface area contributed by atoms with Gasteiger partial charge in [0, 0.05) is 24.0 Å². The molecule has 2 heterocycles. The van der Waals surface area contributed by atoms with Crippen LogP contribution in [0.4, 0.5) is 0 Å². The number of nitrogens with zero attached hydrogens (tertiary/aromatic N) is 1. The minimum absolute atomic E-state index is 0.132. The second-order valence-corrected chi connectivity index (χ2v) is 6.29. The summed E-state index contributed by atoms with van der Waals surface area (Å²) in [6.45, 7) is 6.24. The predicted molar refractivity (Wildman–Crippen MR) is 88.0 cm³/mol. The van der Waals surface area contributed by atoms with Gasteiger partial charge in [-0.05, 0) is 45.4 Å². The smallest absolute Gasteiger partial charge is 0.287 e. The lowest BCUT2D eigenvalue weighted by Crippen LogP contribution is -2.48. The van der Waals surface area contributed by atoms with E-state index in [9.17, 15) is 4.79 Å². The normalized spacial score (nSPS) is 20.9. The summed E-state index contributed by atoms with van der Waals surface area (Å²) in [6.07, 6.45) is 3.82. The first kappa shape index (κ1) is 15.1. The van der Waals surface area contributed by atoms with Crippen molar-refractivity contribution in [3.05, 3.63) is 36.1 Å². The lowest BCUT2D eigenvalue weighted by atomic mass is 10.0. The first-order valence-corrected chi connectivity index (χ1v) is 8.17. The van der Waals surface area contributed by atoms with Gasteiger partial charge < -0.3 is 9.73 Å². The number of furan rings is 1. The fourth-order valence-corrected chi connectivity index (χ4v) is 3.31. The summed E-state index contributed by atoms with van der Waals surface area (Å²) in [7, 11) is 0. The molecule has 2 atom stereocenters. The molecule has 0 aliphatic carbocycles. The van der Waals surface area contributed by atoms with Crippen molar-refractivity contribution in [1.82, 2.24) is 10.2 Å². The minimum Gasteiger partial charge on any atom is -0.451 e. The summed E-state index contributed by atoms with van der Waals surface area (Å²) in [6, 6.07) is 10.4. The van der Waals surface area contributed by atoms with Crippen molar-refractivity contribution in [2.24, 2.45) is 0 Å². The van der Waals surface area contributed by atoms with Gasteiger partial charge in [-0.1, -0.05) is 24.6 Å². The van der Waals surface area contributed by atoms with Crippen molar-refractivity contribution in [3.63, 3.8) is 0 Å². The van der Waals surface area contributed by atoms with Crippen LogP contribution in [0.3, 0.4) is 0 Å². The Morgan fingerprint density at radius 3 is 3.00 bits per heavy atom. The average molecular weight is 300 g/mol. The van der Waals surface area contributed by atoms with Crippen LogP contribution in [0.5, 0.6) is 0 Å². The Labute approximate surface area is 131 Å². The van der Waals surface area contributed by atoms with E-state index in [2.05, 4.69) is 24.1 Å². The molecular weight excluding hydrogens is 276 g/mol. The molecule has 1 aliphatic rings. The van der Waals surface area contributed by atoms with E-state index in [1.165, 1.54) is 19.3 Å². The van der Waals surface area contributed by atoms with Crippen molar-refractivity contribution < 1.29 is 9.21 Å². The number of nitrogens with one attached hydrogen (secondary N) is 1. The standard InChI is InChI=1S/C18H24N2O2/c1-13-7-5-6-10-20(13)14(2)12-19-18(21)17-11-15-8-3-4-9-16(15)22-17/h3-4,8-9,11,13-14H,5-7,10,12H2,1-2H3,(H,19,21). The van der Waals surface area contributed by atoms with Gasteiger partial charge in [0.15, 0.2) is 5.76 Å². The van der Waals surface area contributed by atoms with Crippen LogP contribution in [0.25, 0.3) is 11.0 Å². The van der Waals surface area contributed by atoms with Crippen LogP contribution in [0, 0.1) is 0 Å². The van der Waals surface area contributed by atoms with Gasteiger partial charge in [0.2, 0.25) is 0 Å². The number of fused-ring (bicyclic) bond motifs is 1. The van der Waals surface area contributed by atoms with E-state index in [1.807, 2.05) is 24.3 Å². The lowest BCUT2D eigenvalue weighted by molar-refractivity contribution is 0.0864. The molecule has 3 rings (SSSR count). The topological polar surface area (TPSA) is 45.5 Å². The maximum Gasteiger partial charge on any atom is 0.287 e. The molecule has 118 valence electrons. The van der Waals surface area contributed by atoms with Crippen molar-refractivity contribution in [2.45, 2.75) is 45.2 Å². The van der Waals surface area contributed by atoms with Crippen LogP contribution in [0.15, 0.2) is 34.7 Å². The van der Waals surface area contributed by atoms with Gasteiger partial charge in [0.05, 0.1) is 0 Å². The second kappa shape index (κ2) is 6.53. The van der Waals surface area contributed by atoms with Gasteiger partial charge in [-0.25, -0.2) is 0 Å². The molecule has 0 radical (unpaired) electrons. The average Bonchev–Trinajstić information content (AvgIpc) is 2.97. The summed E-state index contributed by atoms with van der Waals surface area (Å²) >= 11 is 0. The van der Waals surface area contributed by atoms with Crippen LogP contribution in [0.2, 0.25) is 0 Å². The molecule has 1 N–H and O–H groups in total. The first-order valence-electron chi connectivity index (χ1n) is 8.17. The maximum atomic E-state index is 12.3. The van der Waals surface area contributed by atoms with E-state index in [0.29, 0.717) is 24.4 Å². The molecule has 1 amide bonds. The summed E-state index contributed by atoms with van der Waals surface area (Å²) in [5.41, 5.74) is 0.755. The molecule has 2 aromatic rings. The highest BCUT2D eigenvalue weighted by Crippen LogP contribution is 2.20. The van der Waals surface area contributed by atoms with Crippen molar-refractivity contribution in [2.75, 3.05) is 13.1 Å². The van der Waals surface area contributed by atoms with Gasteiger partial charge in [0.25, 0.3) is 5.91 Å². The van der Waals surface area contributed by atoms with E-state index in [-0.39, 0.29) is 5.91 Å². The summed E-state index contributed by atoms with van der Waals surface area (Å²) in [5, 5.41) is 3.97. The van der Waals surface area contributed by atoms with Crippen LogP contribution in [-0.2, 0) is 0 Å². The number of likely N-dealkylation sites (tertiary alicyclic amines) is 1. The molecule has 22 heavy (non-hydrogen) atoms. The van der Waals surface area contributed by atoms with Gasteiger partial charge in [-0.3, -0.25) is 9.69 Å². The maximum absolute atomic E-state index is 12.3. The summed E-state index contributed by atoms with van der Waals surface area (Å²) in [4.78, 5) is 14.7. The highest BCUT2D eigenvalue weighted by Gasteiger charge is 2.23. The third-order valence-electron chi connectivity index (χ3n) is 4.63. The number of rotatable bonds is 4. The lowest BCUT2D eigenvalue weighted by Gasteiger charge is -2.38. The van der Waals surface area contributed by atoms with E-state index in [1.54, 1.807) is 6.07 Å². The highest BCUT2D eigenvalue weighted by molar-refractivity contribution is 5.96. The fraction of sp³-hybridized carbons (Fsp3) is 0.500. The number of benzene rings is 1. The molecule has 1 aliphatic heterocycles. The van der Waals surface area contributed by atoms with E-state index in [4.69, 9.17) is 4.42 Å². The molecule has 1 saturated heterocycles. The molecule has 1 aromatic heterocycles. The Morgan fingerprint density at radius 1 is 1.41 bits per heavy atom. The van der Waals surface area contributed by atoms with Crippen LogP contribution < -0.4 is 5.32 Å². The van der Waals surface area contributed by atoms with Gasteiger partial charge in [-0.15, -0.1) is 0 Å². The predicted octanol–water partition coefficient (Wildman–Crippen LogP) is 3.43. The largest absolute Gasteiger partial charge is 0.451 e. The number of amides is 1. The van der Waals surface area contributed by atoms with Crippen molar-refractivity contribution in [1.29, 1.82) is 0 Å². The summed E-state index contributed by atoms with van der Waals surface area (Å²) in [5.74, 6) is 0.257. The van der Waals surface area contributed by atoms with Gasteiger partial charge in [-0.2, -0.15) is 0 Å². The quantitative estimate of drug-likeness (QED) is 0.941. The molecule has 0 spiro atoms. The number of para-hydroxylation sites is 1. The monoisotopic (exact) mass is 300 g/mol. The Morgan fingerprint density at radius 2 is 2.23 bits per heavy atom. The zero-order valence-electron chi connectivity index (χ0n) is 13.3. The molecule has 0 bridgehead atoms. The SMILES string of the molecule is CC1CCCCN1C(C)CNC(=O)c1cc2ccccc2o1. The Bertz CT molecular complexity index is 616. The number of carbonyl (C=O) groups is 1. The molecule has 0 saturated carbocycles. The molecule has 4 heteroatoms. The van der Waals surface area contributed by atoms with E-state index >= 15 is 0 Å². The number of carbonyl (C=O) groups excluding carboxylic acids is 1. The van der Waals surface area contributed by atoms with Gasteiger partial charge >= 0.3 is 0 Å². The Kier molecular flexibility index (Phi) is 4.48. The minimum atomic E-state index is -0.132. The van der Waals surface area contributed by atoms with Crippen molar-refractivity contribution >= 4 is 16.9 Å². The zero-order chi connectivity index (χ0) is 15.5. The van der Waals surface area contributed by atoms with Crippen molar-refractivity contribution in [3.8, 4) is 0 Å². The number of hydrogen-bond donors (Lipinski definition) is 1. The molecular formula is C18H24N2O2. The Balaban J connectivity index is 1.59. The Hall–Kier alpha value is -1.81. The van der Waals surface area contributed by atoms with Crippen LogP contribution in [0.1, 0.15) is 43.7 Å². The second-order valence-electron chi connectivity index (χ2n) is 6.29. The first-order chi connectivity index (χ1) is 10.6. The van der Waals surface area contributed by atoms with E-state index in [0.717, 1.165) is 17.5 Å². The van der Waals surface area contributed by atoms with Crippen LogP contribution in [-0.4, -0.2) is 36.0 Å². The van der Waals surface area contributed by atoms with Crippen LogP contribution >= 0.6 is 0 Å². The molecule has 2 unspecified atom stereocenters. The molecule has 4 nitrogen and oxygen atoms in total. The van der Waals surface area contributed by atoms with E-state index < -0.39 is 0 Å². The number of hydrogen-bond acceptors (Lipinski definition) is 3. The molecule has 1 fully saturated rings. The highest BCUT2D eigenvalue weighted by atomic mass is 16.3. The fourth-order valence-electron chi connectivity index (χ4n) is 3.31.